The van der Waals surface area contributed by atoms with Gasteiger partial charge in [-0.25, -0.2) is 4.98 Å². The smallest absolute Gasteiger partial charge is 0.237 e. The van der Waals surface area contributed by atoms with Crippen LogP contribution in [0.25, 0.3) is 11.0 Å². The first-order chi connectivity index (χ1) is 12.6. The predicted molar refractivity (Wildman–Crippen MR) is 105 cm³/mol. The van der Waals surface area contributed by atoms with Gasteiger partial charge in [0.25, 0.3) is 0 Å². The number of nitrogens with zero attached hydrogens (tertiary/aromatic N) is 2. The number of carbonyl (C=O) groups excluding carboxylic acids is 1. The number of hydrogen-bond donors (Lipinski definition) is 2. The van der Waals surface area contributed by atoms with Gasteiger partial charge >= 0.3 is 0 Å². The fourth-order valence-electron chi connectivity index (χ4n) is 2.99. The molecule has 1 amide bonds. The molecule has 1 heterocycles. The third kappa shape index (κ3) is 4.11. The van der Waals surface area contributed by atoms with Crippen LogP contribution in [0.5, 0.6) is 0 Å². The average Bonchev–Trinajstić information content (AvgIpc) is 3.08. The molecular weight excluding hydrogens is 324 g/mol. The Balaban J connectivity index is 1.66. The number of para-hydroxylation sites is 2. The van der Waals surface area contributed by atoms with Crippen molar-refractivity contribution in [3.05, 3.63) is 66.0 Å². The van der Waals surface area contributed by atoms with E-state index in [9.17, 15) is 4.79 Å². The van der Waals surface area contributed by atoms with Crippen molar-refractivity contribution in [1.82, 2.24) is 14.9 Å². The summed E-state index contributed by atoms with van der Waals surface area (Å²) in [6.07, 6.45) is 2.76. The van der Waals surface area contributed by atoms with Crippen LogP contribution < -0.4 is 11.1 Å². The van der Waals surface area contributed by atoms with Crippen LogP contribution in [0, 0.1) is 5.92 Å². The summed E-state index contributed by atoms with van der Waals surface area (Å²) in [6, 6.07) is 15.9. The summed E-state index contributed by atoms with van der Waals surface area (Å²) < 4.78 is 2.13. The minimum atomic E-state index is -0.458. The average molecular weight is 350 g/mol. The molecule has 1 aromatic heterocycles. The monoisotopic (exact) mass is 350 g/mol. The van der Waals surface area contributed by atoms with E-state index in [1.54, 1.807) is 0 Å². The van der Waals surface area contributed by atoms with Crippen molar-refractivity contribution in [2.24, 2.45) is 11.7 Å². The van der Waals surface area contributed by atoms with Crippen molar-refractivity contribution in [2.75, 3.05) is 0 Å². The van der Waals surface area contributed by atoms with Crippen LogP contribution in [0.1, 0.15) is 31.4 Å². The minimum Gasteiger partial charge on any atom is -0.351 e. The molecule has 2 unspecified atom stereocenters. The van der Waals surface area contributed by atoms with Gasteiger partial charge in [0.2, 0.25) is 5.91 Å². The molecule has 136 valence electrons. The summed E-state index contributed by atoms with van der Waals surface area (Å²) in [6.45, 7) is 5.28. The number of amides is 1. The van der Waals surface area contributed by atoms with E-state index >= 15 is 0 Å². The van der Waals surface area contributed by atoms with Crippen molar-refractivity contribution in [2.45, 2.75) is 39.4 Å². The lowest BCUT2D eigenvalue weighted by Crippen LogP contribution is -2.44. The normalized spacial score (nSPS) is 13.5. The lowest BCUT2D eigenvalue weighted by molar-refractivity contribution is -0.123. The van der Waals surface area contributed by atoms with Crippen molar-refractivity contribution >= 4 is 16.9 Å². The van der Waals surface area contributed by atoms with Crippen LogP contribution in [-0.2, 0) is 17.9 Å². The Bertz CT molecular complexity index is 886. The maximum atomic E-state index is 12.2. The van der Waals surface area contributed by atoms with E-state index in [4.69, 9.17) is 5.73 Å². The van der Waals surface area contributed by atoms with Gasteiger partial charge < -0.3 is 15.6 Å². The molecule has 0 bridgehead atoms. The molecule has 2 aromatic carbocycles. The Labute approximate surface area is 154 Å². The Morgan fingerprint density at radius 2 is 1.96 bits per heavy atom. The predicted octanol–water partition coefficient (Wildman–Crippen LogP) is 3.07. The summed E-state index contributed by atoms with van der Waals surface area (Å²) in [5.41, 5.74) is 10.3. The summed E-state index contributed by atoms with van der Waals surface area (Å²) in [4.78, 5) is 16.6. The van der Waals surface area contributed by atoms with Crippen molar-refractivity contribution in [3.8, 4) is 0 Å². The van der Waals surface area contributed by atoms with Crippen LogP contribution in [0.4, 0.5) is 0 Å². The summed E-state index contributed by atoms with van der Waals surface area (Å²) >= 11 is 0. The van der Waals surface area contributed by atoms with Crippen molar-refractivity contribution in [1.29, 1.82) is 0 Å². The molecule has 0 fully saturated rings. The van der Waals surface area contributed by atoms with Crippen molar-refractivity contribution < 1.29 is 4.79 Å². The van der Waals surface area contributed by atoms with Crippen LogP contribution >= 0.6 is 0 Å². The third-order valence-corrected chi connectivity index (χ3v) is 4.90. The Kier molecular flexibility index (Phi) is 5.68. The number of imidazole rings is 1. The Hall–Kier alpha value is -2.66. The summed E-state index contributed by atoms with van der Waals surface area (Å²) in [5.74, 6) is 0.0845. The standard InChI is InChI=1S/C21H26N4O/c1-3-15(2)20(22)21(26)23-12-16-7-6-8-17(11-16)13-25-14-24-18-9-4-5-10-19(18)25/h4-11,14-15,20H,3,12-13,22H2,1-2H3,(H,23,26). The maximum absolute atomic E-state index is 12.2. The van der Waals surface area contributed by atoms with Gasteiger partial charge in [-0.05, 0) is 29.2 Å². The van der Waals surface area contributed by atoms with Gasteiger partial charge in [0.05, 0.1) is 23.4 Å². The number of carbonyl (C=O) groups is 1. The van der Waals surface area contributed by atoms with Crippen molar-refractivity contribution in [3.63, 3.8) is 0 Å². The molecule has 0 saturated carbocycles. The molecule has 5 heteroatoms. The Morgan fingerprint density at radius 1 is 1.19 bits per heavy atom. The van der Waals surface area contributed by atoms with Crippen LogP contribution in [-0.4, -0.2) is 21.5 Å². The fraction of sp³-hybridized carbons (Fsp3) is 0.333. The second-order valence-electron chi connectivity index (χ2n) is 6.81. The van der Waals surface area contributed by atoms with Crippen LogP contribution in [0.2, 0.25) is 0 Å². The minimum absolute atomic E-state index is 0.0923. The molecule has 3 rings (SSSR count). The molecule has 3 aromatic rings. The molecule has 3 N–H and O–H groups in total. The van der Waals surface area contributed by atoms with Gasteiger partial charge in [-0.15, -0.1) is 0 Å². The number of aromatic nitrogens is 2. The van der Waals surface area contributed by atoms with Gasteiger partial charge in [-0.1, -0.05) is 56.7 Å². The van der Waals surface area contributed by atoms with E-state index in [-0.39, 0.29) is 11.8 Å². The number of nitrogens with one attached hydrogen (secondary N) is 1. The second kappa shape index (κ2) is 8.15. The zero-order valence-corrected chi connectivity index (χ0v) is 15.4. The zero-order valence-electron chi connectivity index (χ0n) is 15.4. The van der Waals surface area contributed by atoms with Gasteiger partial charge in [-0.2, -0.15) is 0 Å². The maximum Gasteiger partial charge on any atom is 0.237 e. The highest BCUT2D eigenvalue weighted by Gasteiger charge is 2.18. The van der Waals surface area contributed by atoms with Gasteiger partial charge in [0.1, 0.15) is 0 Å². The molecule has 2 atom stereocenters. The first kappa shape index (κ1) is 18.1. The number of fused-ring (bicyclic) bond motifs is 1. The van der Waals surface area contributed by atoms with E-state index in [0.717, 1.165) is 29.6 Å². The molecule has 0 radical (unpaired) electrons. The SMILES string of the molecule is CCC(C)C(N)C(=O)NCc1cccc(Cn2cnc3ccccc32)c1. The molecule has 0 aliphatic rings. The number of hydrogen-bond acceptors (Lipinski definition) is 3. The van der Waals surface area contributed by atoms with Gasteiger partial charge in [0, 0.05) is 13.1 Å². The molecule has 5 nitrogen and oxygen atoms in total. The third-order valence-electron chi connectivity index (χ3n) is 4.90. The summed E-state index contributed by atoms with van der Waals surface area (Å²) in [7, 11) is 0. The number of rotatable bonds is 7. The Morgan fingerprint density at radius 3 is 2.77 bits per heavy atom. The van der Waals surface area contributed by atoms with E-state index in [1.807, 2.05) is 50.5 Å². The highest BCUT2D eigenvalue weighted by Crippen LogP contribution is 2.15. The fourth-order valence-corrected chi connectivity index (χ4v) is 2.99. The number of nitrogens with two attached hydrogens (primary N) is 1. The van der Waals surface area contributed by atoms with Gasteiger partial charge in [0.15, 0.2) is 0 Å². The van der Waals surface area contributed by atoms with E-state index in [0.29, 0.717) is 6.54 Å². The quantitative estimate of drug-likeness (QED) is 0.688. The first-order valence-corrected chi connectivity index (χ1v) is 9.09. The van der Waals surface area contributed by atoms with E-state index in [1.165, 1.54) is 5.56 Å². The molecular formula is C21H26N4O. The van der Waals surface area contributed by atoms with Crippen LogP contribution in [0.3, 0.4) is 0 Å². The molecule has 26 heavy (non-hydrogen) atoms. The van der Waals surface area contributed by atoms with E-state index < -0.39 is 6.04 Å². The number of benzene rings is 2. The largest absolute Gasteiger partial charge is 0.351 e. The molecule has 0 aliphatic carbocycles. The van der Waals surface area contributed by atoms with E-state index in [2.05, 4.69) is 33.1 Å². The highest BCUT2D eigenvalue weighted by atomic mass is 16.2. The molecule has 0 aliphatic heterocycles. The zero-order chi connectivity index (χ0) is 18.5. The lowest BCUT2D eigenvalue weighted by atomic mass is 9.99. The molecule has 0 saturated heterocycles. The first-order valence-electron chi connectivity index (χ1n) is 9.09. The molecule has 0 spiro atoms. The lowest BCUT2D eigenvalue weighted by Gasteiger charge is -2.17. The highest BCUT2D eigenvalue weighted by molar-refractivity contribution is 5.81. The second-order valence-corrected chi connectivity index (χ2v) is 6.81. The van der Waals surface area contributed by atoms with Gasteiger partial charge in [-0.3, -0.25) is 4.79 Å². The summed E-state index contributed by atoms with van der Waals surface area (Å²) in [5, 5.41) is 2.95. The van der Waals surface area contributed by atoms with Crippen LogP contribution in [0.15, 0.2) is 54.9 Å². The topological polar surface area (TPSA) is 72.9 Å².